The van der Waals surface area contributed by atoms with Crippen LogP contribution in [-0.2, 0) is 13.0 Å². The molecule has 0 aliphatic carbocycles. The smallest absolute Gasteiger partial charge is 0.251 e. The first-order chi connectivity index (χ1) is 14.2. The summed E-state index contributed by atoms with van der Waals surface area (Å²) in [7, 11) is 0. The van der Waals surface area contributed by atoms with Gasteiger partial charge in [0.05, 0.1) is 5.52 Å². The zero-order chi connectivity index (χ0) is 20.1. The minimum Gasteiger partial charge on any atom is -0.488 e. The number of hydrogen-bond donors (Lipinski definition) is 2. The number of nitrogens with one attached hydrogen (secondary N) is 2. The zero-order valence-electron chi connectivity index (χ0n) is 16.4. The van der Waals surface area contributed by atoms with Crippen LogP contribution in [0.2, 0.25) is 0 Å². The second-order valence-corrected chi connectivity index (χ2v) is 7.09. The highest BCUT2D eigenvalue weighted by Crippen LogP contribution is 2.32. The molecule has 0 fully saturated rings. The molecular formula is C25H24N2O2. The van der Waals surface area contributed by atoms with E-state index in [0.717, 1.165) is 34.2 Å². The molecule has 146 valence electrons. The standard InChI is InChI=1S/C25H24N2O2/c1-18-12-13-22(29-17-19-8-4-2-5-9-19)23-21(16-27-24(18)23)14-15-26-25(28)20-10-6-3-7-11-20/h2-13,16,27H,14-15,17H2,1H3,(H,26,28). The van der Waals surface area contributed by atoms with Crippen LogP contribution < -0.4 is 10.1 Å². The Morgan fingerprint density at radius 1 is 0.966 bits per heavy atom. The predicted molar refractivity (Wildman–Crippen MR) is 116 cm³/mol. The highest BCUT2D eigenvalue weighted by atomic mass is 16.5. The molecule has 2 N–H and O–H groups in total. The van der Waals surface area contributed by atoms with Crippen LogP contribution in [0.4, 0.5) is 0 Å². The fourth-order valence-corrected chi connectivity index (χ4v) is 3.48. The van der Waals surface area contributed by atoms with Gasteiger partial charge in [-0.2, -0.15) is 0 Å². The van der Waals surface area contributed by atoms with Crippen molar-refractivity contribution >= 4 is 16.8 Å². The molecule has 0 radical (unpaired) electrons. The molecule has 4 rings (SSSR count). The number of aromatic nitrogens is 1. The molecule has 0 saturated heterocycles. The average Bonchev–Trinajstić information content (AvgIpc) is 3.20. The van der Waals surface area contributed by atoms with Crippen molar-refractivity contribution in [1.29, 1.82) is 0 Å². The van der Waals surface area contributed by atoms with Gasteiger partial charge in [-0.15, -0.1) is 0 Å². The number of rotatable bonds is 7. The second-order valence-electron chi connectivity index (χ2n) is 7.09. The predicted octanol–water partition coefficient (Wildman–Crippen LogP) is 5.03. The summed E-state index contributed by atoms with van der Waals surface area (Å²) >= 11 is 0. The number of amides is 1. The van der Waals surface area contributed by atoms with E-state index in [-0.39, 0.29) is 5.91 Å². The monoisotopic (exact) mass is 384 g/mol. The van der Waals surface area contributed by atoms with Crippen molar-refractivity contribution in [3.8, 4) is 5.75 Å². The van der Waals surface area contributed by atoms with Crippen LogP contribution in [0.3, 0.4) is 0 Å². The summed E-state index contributed by atoms with van der Waals surface area (Å²) in [5, 5.41) is 4.09. The molecule has 0 unspecified atom stereocenters. The number of aryl methyl sites for hydroxylation is 1. The van der Waals surface area contributed by atoms with Gasteiger partial charge in [-0.1, -0.05) is 54.6 Å². The molecule has 0 aliphatic rings. The summed E-state index contributed by atoms with van der Waals surface area (Å²) in [4.78, 5) is 15.6. The van der Waals surface area contributed by atoms with Crippen molar-refractivity contribution in [1.82, 2.24) is 10.3 Å². The Morgan fingerprint density at radius 3 is 2.45 bits per heavy atom. The van der Waals surface area contributed by atoms with Gasteiger partial charge in [-0.05, 0) is 48.2 Å². The Labute approximate surface area is 170 Å². The first-order valence-electron chi connectivity index (χ1n) is 9.82. The number of benzene rings is 3. The number of ether oxygens (including phenoxy) is 1. The molecule has 3 aromatic carbocycles. The van der Waals surface area contributed by atoms with Gasteiger partial charge in [-0.25, -0.2) is 0 Å². The highest BCUT2D eigenvalue weighted by Gasteiger charge is 2.13. The maximum absolute atomic E-state index is 12.3. The molecular weight excluding hydrogens is 360 g/mol. The Balaban J connectivity index is 1.49. The molecule has 0 spiro atoms. The fourth-order valence-electron chi connectivity index (χ4n) is 3.48. The first kappa shape index (κ1) is 18.8. The van der Waals surface area contributed by atoms with Crippen molar-refractivity contribution in [2.24, 2.45) is 0 Å². The normalized spacial score (nSPS) is 10.8. The Kier molecular flexibility index (Phi) is 5.61. The topological polar surface area (TPSA) is 54.1 Å². The van der Waals surface area contributed by atoms with Gasteiger partial charge in [0.2, 0.25) is 0 Å². The summed E-state index contributed by atoms with van der Waals surface area (Å²) in [6, 6.07) is 23.5. The molecule has 1 amide bonds. The van der Waals surface area contributed by atoms with Crippen molar-refractivity contribution in [3.63, 3.8) is 0 Å². The number of H-pyrrole nitrogens is 1. The second kappa shape index (κ2) is 8.65. The summed E-state index contributed by atoms with van der Waals surface area (Å²) in [5.41, 5.74) is 5.20. The van der Waals surface area contributed by atoms with Gasteiger partial charge >= 0.3 is 0 Å². The summed E-state index contributed by atoms with van der Waals surface area (Å²) in [6.07, 6.45) is 2.74. The number of hydrogen-bond acceptors (Lipinski definition) is 2. The molecule has 1 heterocycles. The van der Waals surface area contributed by atoms with Crippen LogP contribution in [-0.4, -0.2) is 17.4 Å². The van der Waals surface area contributed by atoms with Crippen LogP contribution >= 0.6 is 0 Å². The van der Waals surface area contributed by atoms with Gasteiger partial charge < -0.3 is 15.0 Å². The third-order valence-corrected chi connectivity index (χ3v) is 5.04. The van der Waals surface area contributed by atoms with Crippen LogP contribution in [0.5, 0.6) is 5.75 Å². The lowest BCUT2D eigenvalue weighted by Gasteiger charge is -2.11. The van der Waals surface area contributed by atoms with Gasteiger partial charge in [-0.3, -0.25) is 4.79 Å². The van der Waals surface area contributed by atoms with E-state index < -0.39 is 0 Å². The molecule has 0 aliphatic heterocycles. The van der Waals surface area contributed by atoms with Crippen LogP contribution in [0, 0.1) is 6.92 Å². The fraction of sp³-hybridized carbons (Fsp3) is 0.160. The molecule has 1 aromatic heterocycles. The Hall–Kier alpha value is -3.53. The SMILES string of the molecule is Cc1ccc(OCc2ccccc2)c2c(CCNC(=O)c3ccccc3)c[nH]c12. The summed E-state index contributed by atoms with van der Waals surface area (Å²) < 4.78 is 6.15. The van der Waals surface area contributed by atoms with E-state index in [1.165, 1.54) is 5.56 Å². The maximum Gasteiger partial charge on any atom is 0.251 e. The van der Waals surface area contributed by atoms with Crippen LogP contribution in [0.15, 0.2) is 79.0 Å². The average molecular weight is 384 g/mol. The van der Waals surface area contributed by atoms with E-state index >= 15 is 0 Å². The summed E-state index contributed by atoms with van der Waals surface area (Å²) in [5.74, 6) is 0.808. The van der Waals surface area contributed by atoms with Crippen LogP contribution in [0.25, 0.3) is 10.9 Å². The van der Waals surface area contributed by atoms with Crippen molar-refractivity contribution in [2.75, 3.05) is 6.54 Å². The molecule has 0 saturated carbocycles. The molecule has 29 heavy (non-hydrogen) atoms. The van der Waals surface area contributed by atoms with Crippen molar-refractivity contribution in [3.05, 3.63) is 101 Å². The lowest BCUT2D eigenvalue weighted by molar-refractivity contribution is 0.0954. The minimum atomic E-state index is -0.0535. The molecule has 0 atom stereocenters. The number of fused-ring (bicyclic) bond motifs is 1. The molecule has 4 aromatic rings. The first-order valence-corrected chi connectivity index (χ1v) is 9.82. The number of carbonyl (C=O) groups excluding carboxylic acids is 1. The highest BCUT2D eigenvalue weighted by molar-refractivity contribution is 5.94. The Morgan fingerprint density at radius 2 is 1.69 bits per heavy atom. The summed E-state index contributed by atoms with van der Waals surface area (Å²) in [6.45, 7) is 3.17. The Bertz CT molecular complexity index is 1100. The largest absolute Gasteiger partial charge is 0.488 e. The van der Waals surface area contributed by atoms with E-state index in [1.807, 2.05) is 60.8 Å². The molecule has 4 nitrogen and oxygen atoms in total. The maximum atomic E-state index is 12.3. The number of carbonyl (C=O) groups is 1. The van der Waals surface area contributed by atoms with E-state index in [1.54, 1.807) is 0 Å². The van der Waals surface area contributed by atoms with Gasteiger partial charge in [0, 0.05) is 23.7 Å². The third-order valence-electron chi connectivity index (χ3n) is 5.04. The van der Waals surface area contributed by atoms with Gasteiger partial charge in [0.15, 0.2) is 0 Å². The molecule has 0 bridgehead atoms. The van der Waals surface area contributed by atoms with Crippen molar-refractivity contribution in [2.45, 2.75) is 20.0 Å². The minimum absolute atomic E-state index is 0.0535. The van der Waals surface area contributed by atoms with E-state index in [0.29, 0.717) is 18.7 Å². The van der Waals surface area contributed by atoms with Gasteiger partial charge in [0.1, 0.15) is 12.4 Å². The van der Waals surface area contributed by atoms with Gasteiger partial charge in [0.25, 0.3) is 5.91 Å². The molecule has 4 heteroatoms. The lowest BCUT2D eigenvalue weighted by atomic mass is 10.1. The van der Waals surface area contributed by atoms with E-state index in [9.17, 15) is 4.79 Å². The van der Waals surface area contributed by atoms with Crippen molar-refractivity contribution < 1.29 is 9.53 Å². The van der Waals surface area contributed by atoms with Crippen LogP contribution in [0.1, 0.15) is 27.0 Å². The lowest BCUT2D eigenvalue weighted by Crippen LogP contribution is -2.25. The third kappa shape index (κ3) is 4.32. The zero-order valence-corrected chi connectivity index (χ0v) is 16.4. The van der Waals surface area contributed by atoms with E-state index in [4.69, 9.17) is 4.74 Å². The number of aromatic amines is 1. The quantitative estimate of drug-likeness (QED) is 0.470. The van der Waals surface area contributed by atoms with E-state index in [2.05, 4.69) is 35.4 Å².